The molecule has 0 saturated carbocycles. The average Bonchev–Trinajstić information content (AvgIpc) is 1.12. The average molecular weight is 331 g/mol. The molecule has 0 spiro atoms. The van der Waals surface area contributed by atoms with Gasteiger partial charge in [-0.3, -0.25) is 8.42 Å². The van der Waals surface area contributed by atoms with E-state index in [-0.39, 0.29) is 48.9 Å². The van der Waals surface area contributed by atoms with Crippen molar-refractivity contribution in [1.29, 1.82) is 0 Å². The number of hydrogen-bond acceptors (Lipinski definition) is 5. The first kappa shape index (κ1) is 18.4. The van der Waals surface area contributed by atoms with Crippen molar-refractivity contribution >= 4 is 67.1 Å². The number of phosphoric acid groups is 1. The summed E-state index contributed by atoms with van der Waals surface area (Å²) >= 11 is 0. The minimum absolute atomic E-state index is 0. The van der Waals surface area contributed by atoms with Crippen molar-refractivity contribution in [3.05, 3.63) is 0 Å². The third-order valence-corrected chi connectivity index (χ3v) is 0. The van der Waals surface area contributed by atoms with E-state index in [4.69, 9.17) is 36.8 Å². The van der Waals surface area contributed by atoms with Gasteiger partial charge in [-0.25, -0.2) is 4.57 Å². The van der Waals surface area contributed by atoms with Crippen molar-refractivity contribution in [2.24, 2.45) is 0 Å². The molecule has 0 aliphatic rings. The van der Waals surface area contributed by atoms with Crippen molar-refractivity contribution < 1.29 is 36.8 Å². The second-order valence-corrected chi connectivity index (χ2v) is 2.76. The molecule has 0 rings (SSSR count). The van der Waals surface area contributed by atoms with Crippen molar-refractivity contribution in [2.45, 2.75) is 0 Å². The largest absolute Gasteiger partial charge is 2.00 e. The van der Waals surface area contributed by atoms with Crippen LogP contribution in [0, 0.1) is 0 Å². The molecule has 0 aliphatic heterocycles. The molecular formula is H3BaO8PS. The Kier molecular flexibility index (Phi) is 11.7. The summed E-state index contributed by atoms with van der Waals surface area (Å²) in [6, 6.07) is 0. The monoisotopic (exact) mass is 332 g/mol. The van der Waals surface area contributed by atoms with Crippen molar-refractivity contribution in [1.82, 2.24) is 0 Å². The Morgan fingerprint density at radius 3 is 1.09 bits per heavy atom. The van der Waals surface area contributed by atoms with Crippen LogP contribution in [0.4, 0.5) is 0 Å². The van der Waals surface area contributed by atoms with Crippen molar-refractivity contribution in [2.75, 3.05) is 0 Å². The number of rotatable bonds is 0. The van der Waals surface area contributed by atoms with Crippen LogP contribution in [-0.4, -0.2) is 81.1 Å². The van der Waals surface area contributed by atoms with Gasteiger partial charge in [0.15, 0.2) is 0 Å². The molecule has 0 unspecified atom stereocenters. The first-order valence-corrected chi connectivity index (χ1v) is 4.35. The fraction of sp³-hybridized carbons (Fsp3) is 0. The summed E-state index contributed by atoms with van der Waals surface area (Å²) in [4.78, 5) is 21.6. The van der Waals surface area contributed by atoms with E-state index in [1.807, 2.05) is 0 Å². The third-order valence-electron chi connectivity index (χ3n) is 0. The van der Waals surface area contributed by atoms with E-state index in [0.717, 1.165) is 0 Å². The first-order valence-electron chi connectivity index (χ1n) is 1.45. The van der Waals surface area contributed by atoms with Crippen LogP contribution in [0.5, 0.6) is 0 Å². The summed E-state index contributed by atoms with van der Waals surface area (Å²) in [6.07, 6.45) is 0. The fourth-order valence-corrected chi connectivity index (χ4v) is 0. The number of hydrogen-bond donors (Lipinski definition) is 3. The maximum absolute atomic E-state index is 8.88. The molecule has 0 aromatic rings. The maximum atomic E-state index is 8.88. The van der Waals surface area contributed by atoms with Crippen LogP contribution in [0.1, 0.15) is 0 Å². The zero-order valence-electron chi connectivity index (χ0n) is 4.95. The SMILES string of the molecule is O=P(O)(O)O.O=S(=O)([O-])[O-].[Ba+2]. The molecule has 0 heterocycles. The standard InChI is InChI=1S/Ba.H3O4P.H2O4S/c;2*1-5(2,3)4/h;(H3,1,2,3,4);(H2,1,2,3,4)/q+2;;/p-2. The zero-order valence-corrected chi connectivity index (χ0v) is 11.1. The van der Waals surface area contributed by atoms with Gasteiger partial charge in [0.1, 0.15) is 0 Å². The van der Waals surface area contributed by atoms with Gasteiger partial charge in [-0.05, 0) is 0 Å². The molecule has 0 radical (unpaired) electrons. The Labute approximate surface area is 103 Å². The Morgan fingerprint density at radius 2 is 1.09 bits per heavy atom. The zero-order chi connectivity index (χ0) is 9.00. The predicted octanol–water partition coefficient (Wildman–Crippen LogP) is -2.65. The van der Waals surface area contributed by atoms with Crippen molar-refractivity contribution in [3.8, 4) is 0 Å². The first-order chi connectivity index (χ1) is 4.00. The second kappa shape index (κ2) is 7.00. The van der Waals surface area contributed by atoms with E-state index in [1.54, 1.807) is 0 Å². The van der Waals surface area contributed by atoms with Crippen LogP contribution in [0.2, 0.25) is 0 Å². The van der Waals surface area contributed by atoms with Crippen LogP contribution in [0.3, 0.4) is 0 Å². The van der Waals surface area contributed by atoms with E-state index in [0.29, 0.717) is 0 Å². The molecule has 11 heavy (non-hydrogen) atoms. The van der Waals surface area contributed by atoms with Gasteiger partial charge in [0.2, 0.25) is 0 Å². The van der Waals surface area contributed by atoms with Gasteiger partial charge in [-0.2, -0.15) is 0 Å². The summed E-state index contributed by atoms with van der Waals surface area (Å²) in [5, 5.41) is 0. The molecule has 3 N–H and O–H groups in total. The molecule has 8 nitrogen and oxygen atoms in total. The van der Waals surface area contributed by atoms with Gasteiger partial charge < -0.3 is 23.8 Å². The van der Waals surface area contributed by atoms with Gasteiger partial charge in [0.05, 0.1) is 0 Å². The second-order valence-electron chi connectivity index (χ2n) is 0.922. The van der Waals surface area contributed by atoms with E-state index in [2.05, 4.69) is 0 Å². The summed E-state index contributed by atoms with van der Waals surface area (Å²) in [6.45, 7) is 0. The molecule has 0 aliphatic carbocycles. The van der Waals surface area contributed by atoms with Gasteiger partial charge in [0.25, 0.3) is 0 Å². The quantitative estimate of drug-likeness (QED) is 0.188. The predicted molar refractivity (Wildman–Crippen MR) is 30.5 cm³/mol. The van der Waals surface area contributed by atoms with Gasteiger partial charge in [-0.1, -0.05) is 0 Å². The Hall–Kier alpha value is 1.55. The fourth-order valence-electron chi connectivity index (χ4n) is 0. The maximum Gasteiger partial charge on any atom is 2.00 e. The van der Waals surface area contributed by atoms with Crippen LogP contribution in [0.15, 0.2) is 0 Å². The van der Waals surface area contributed by atoms with E-state index >= 15 is 0 Å². The minimum Gasteiger partial charge on any atom is -0.759 e. The molecule has 0 aromatic heterocycles. The van der Waals surface area contributed by atoms with E-state index in [1.165, 1.54) is 0 Å². The minimum atomic E-state index is -5.17. The van der Waals surface area contributed by atoms with Crippen molar-refractivity contribution in [3.63, 3.8) is 0 Å². The summed E-state index contributed by atoms with van der Waals surface area (Å²) in [7, 11) is -9.81. The summed E-state index contributed by atoms with van der Waals surface area (Å²) in [5.41, 5.74) is 0. The molecule has 64 valence electrons. The topological polar surface area (TPSA) is 158 Å². The van der Waals surface area contributed by atoms with Crippen LogP contribution >= 0.6 is 7.82 Å². The molecule has 0 aromatic carbocycles. The van der Waals surface area contributed by atoms with Gasteiger partial charge in [-0.15, -0.1) is 0 Å². The summed E-state index contributed by atoms with van der Waals surface area (Å²) in [5.74, 6) is 0. The third kappa shape index (κ3) is 438. The molecule has 0 bridgehead atoms. The Balaban J connectivity index is -0.000000107. The van der Waals surface area contributed by atoms with Crippen LogP contribution < -0.4 is 0 Å². The van der Waals surface area contributed by atoms with E-state index < -0.39 is 18.2 Å². The molecule has 11 heteroatoms. The normalized spacial score (nSPS) is 10.6. The van der Waals surface area contributed by atoms with Gasteiger partial charge in [0, 0.05) is 10.4 Å². The molecule has 0 saturated heterocycles. The summed E-state index contributed by atoms with van der Waals surface area (Å²) < 4.78 is 43.0. The van der Waals surface area contributed by atoms with E-state index in [9.17, 15) is 0 Å². The molecular weight excluding hydrogens is 328 g/mol. The van der Waals surface area contributed by atoms with Crippen LogP contribution in [0.25, 0.3) is 0 Å². The smallest absolute Gasteiger partial charge is 0.759 e. The Morgan fingerprint density at radius 1 is 1.09 bits per heavy atom. The molecule has 0 fully saturated rings. The molecule has 0 amide bonds. The molecule has 0 atom stereocenters. The van der Waals surface area contributed by atoms with Crippen LogP contribution in [-0.2, 0) is 15.0 Å². The Bertz CT molecular complexity index is 192. The van der Waals surface area contributed by atoms with Gasteiger partial charge >= 0.3 is 56.7 Å².